The first kappa shape index (κ1) is 24.6. The van der Waals surface area contributed by atoms with Crippen molar-refractivity contribution in [1.29, 1.82) is 0 Å². The molecule has 0 unspecified atom stereocenters. The zero-order valence-corrected chi connectivity index (χ0v) is 21.4. The lowest BCUT2D eigenvalue weighted by molar-refractivity contribution is 0.0992. The Kier molecular flexibility index (Phi) is 7.31. The monoisotopic (exact) mass is 491 g/mol. The van der Waals surface area contributed by atoms with Crippen LogP contribution in [0.4, 0.5) is 5.69 Å². The first-order valence-corrected chi connectivity index (χ1v) is 12.0. The molecule has 0 spiro atoms. The first-order chi connectivity index (χ1) is 16.7. The molecule has 0 saturated heterocycles. The van der Waals surface area contributed by atoms with Crippen LogP contribution in [0.25, 0.3) is 0 Å². The van der Waals surface area contributed by atoms with E-state index in [0.717, 1.165) is 33.8 Å². The van der Waals surface area contributed by atoms with Gasteiger partial charge in [-0.15, -0.1) is 0 Å². The van der Waals surface area contributed by atoms with Crippen LogP contribution >= 0.6 is 11.6 Å². The number of amides is 1. The molecule has 0 aliphatic carbocycles. The molecule has 0 atom stereocenters. The first-order valence-electron chi connectivity index (χ1n) is 11.6. The van der Waals surface area contributed by atoms with Gasteiger partial charge in [-0.05, 0) is 73.7 Å². The molecule has 35 heavy (non-hydrogen) atoms. The summed E-state index contributed by atoms with van der Waals surface area (Å²) in [5.41, 5.74) is 5.62. The minimum absolute atomic E-state index is 0.223. The third kappa shape index (κ3) is 5.77. The van der Waals surface area contributed by atoms with Crippen LogP contribution in [0.2, 0.25) is 5.02 Å². The molecule has 2 aromatic heterocycles. The molecule has 4 aromatic rings. The van der Waals surface area contributed by atoms with E-state index in [1.807, 2.05) is 55.8 Å². The quantitative estimate of drug-likeness (QED) is 0.286. The number of hydrogen-bond acceptors (Lipinski definition) is 4. The molecule has 182 valence electrons. The number of anilines is 1. The van der Waals surface area contributed by atoms with Gasteiger partial charge in [0.15, 0.2) is 5.76 Å². The van der Waals surface area contributed by atoms with Crippen LogP contribution in [0.15, 0.2) is 59.0 Å². The molecule has 0 bridgehead atoms. The highest BCUT2D eigenvalue weighted by molar-refractivity contribution is 6.30. The van der Waals surface area contributed by atoms with Crippen molar-refractivity contribution in [1.82, 2.24) is 9.78 Å². The molecule has 0 saturated carbocycles. The minimum atomic E-state index is -0.327. The van der Waals surface area contributed by atoms with Gasteiger partial charge < -0.3 is 14.5 Å². The van der Waals surface area contributed by atoms with E-state index >= 15 is 0 Å². The van der Waals surface area contributed by atoms with Crippen molar-refractivity contribution in [3.63, 3.8) is 0 Å². The predicted octanol–water partition coefficient (Wildman–Crippen LogP) is 7.06. The highest BCUT2D eigenvalue weighted by atomic mass is 35.5. The number of carbonyl (C=O) groups is 1. The van der Waals surface area contributed by atoms with Gasteiger partial charge in [-0.3, -0.25) is 9.48 Å². The van der Waals surface area contributed by atoms with E-state index in [1.54, 1.807) is 12.1 Å². The summed E-state index contributed by atoms with van der Waals surface area (Å²) in [5.74, 6) is 1.66. The third-order valence-electron chi connectivity index (χ3n) is 5.91. The zero-order valence-electron chi connectivity index (χ0n) is 20.7. The second-order valence-electron chi connectivity index (χ2n) is 9.03. The second-order valence-corrected chi connectivity index (χ2v) is 9.47. The fourth-order valence-corrected chi connectivity index (χ4v) is 4.07. The number of aryl methyl sites for hydroxylation is 2. The predicted molar refractivity (Wildman–Crippen MR) is 139 cm³/mol. The summed E-state index contributed by atoms with van der Waals surface area (Å²) in [6, 6.07) is 17.3. The largest absolute Gasteiger partial charge is 0.485 e. The molecule has 6 nitrogen and oxygen atoms in total. The smallest absolute Gasteiger partial charge is 0.291 e. The van der Waals surface area contributed by atoms with Gasteiger partial charge in [0.2, 0.25) is 0 Å². The summed E-state index contributed by atoms with van der Waals surface area (Å²) < 4.78 is 13.7. The molecule has 2 heterocycles. The van der Waals surface area contributed by atoms with E-state index in [4.69, 9.17) is 20.8 Å². The molecule has 0 fully saturated rings. The molecule has 0 radical (unpaired) electrons. The number of nitrogens with zero attached hydrogens (tertiary/aromatic N) is 2. The number of ether oxygens (including phenoxy) is 1. The number of aromatic nitrogens is 2. The standard InChI is InChI=1S/C28H30ClN3O3/c1-17(2)24-12-6-18(3)14-26(24)34-16-23-11-13-25(35-23)28(33)30-27-19(4)31-32(20(27)5)15-21-7-9-22(29)10-8-21/h6-14,17H,15-16H2,1-5H3,(H,30,33). The maximum atomic E-state index is 12.9. The normalized spacial score (nSPS) is 11.2. The lowest BCUT2D eigenvalue weighted by Gasteiger charge is -2.14. The minimum Gasteiger partial charge on any atom is -0.485 e. The van der Waals surface area contributed by atoms with E-state index in [2.05, 4.69) is 36.4 Å². The van der Waals surface area contributed by atoms with Crippen LogP contribution in [0.5, 0.6) is 5.75 Å². The summed E-state index contributed by atoms with van der Waals surface area (Å²) in [7, 11) is 0. The number of hydrogen-bond donors (Lipinski definition) is 1. The summed E-state index contributed by atoms with van der Waals surface area (Å²) >= 11 is 5.98. The van der Waals surface area contributed by atoms with Crippen LogP contribution < -0.4 is 10.1 Å². The van der Waals surface area contributed by atoms with Gasteiger partial charge in [0, 0.05) is 5.02 Å². The molecule has 4 rings (SSSR count). The topological polar surface area (TPSA) is 69.3 Å². The number of halogens is 1. The number of rotatable bonds is 8. The number of benzene rings is 2. The highest BCUT2D eigenvalue weighted by Crippen LogP contribution is 2.28. The van der Waals surface area contributed by atoms with Gasteiger partial charge in [-0.25, -0.2) is 0 Å². The fraction of sp³-hybridized carbons (Fsp3) is 0.286. The Bertz CT molecular complexity index is 1340. The second kappa shape index (κ2) is 10.4. The van der Waals surface area contributed by atoms with E-state index in [-0.39, 0.29) is 18.3 Å². The Balaban J connectivity index is 1.43. The Morgan fingerprint density at radius 2 is 1.83 bits per heavy atom. The molecule has 0 aliphatic rings. The van der Waals surface area contributed by atoms with Gasteiger partial charge in [0.25, 0.3) is 5.91 Å². The Morgan fingerprint density at radius 1 is 1.09 bits per heavy atom. The molecular formula is C28H30ClN3O3. The van der Waals surface area contributed by atoms with Gasteiger partial charge in [0.1, 0.15) is 18.1 Å². The Morgan fingerprint density at radius 3 is 2.54 bits per heavy atom. The van der Waals surface area contributed by atoms with Crippen molar-refractivity contribution in [3.05, 3.63) is 99.2 Å². The average Bonchev–Trinajstić information content (AvgIpc) is 3.39. The average molecular weight is 492 g/mol. The Labute approximate surface area is 210 Å². The van der Waals surface area contributed by atoms with E-state index < -0.39 is 0 Å². The van der Waals surface area contributed by atoms with E-state index in [9.17, 15) is 4.79 Å². The van der Waals surface area contributed by atoms with Crippen molar-refractivity contribution < 1.29 is 13.9 Å². The summed E-state index contributed by atoms with van der Waals surface area (Å²) in [6.45, 7) is 10.9. The maximum Gasteiger partial charge on any atom is 0.291 e. The Hall–Kier alpha value is -3.51. The molecule has 0 aliphatic heterocycles. The van der Waals surface area contributed by atoms with Crippen molar-refractivity contribution >= 4 is 23.2 Å². The summed E-state index contributed by atoms with van der Waals surface area (Å²) in [4.78, 5) is 12.9. The number of nitrogens with one attached hydrogen (secondary N) is 1. The lowest BCUT2D eigenvalue weighted by Crippen LogP contribution is -2.12. The van der Waals surface area contributed by atoms with Crippen molar-refractivity contribution in [3.8, 4) is 5.75 Å². The van der Waals surface area contributed by atoms with Gasteiger partial charge in [0.05, 0.1) is 23.6 Å². The maximum absolute atomic E-state index is 12.9. The van der Waals surface area contributed by atoms with E-state index in [1.165, 1.54) is 0 Å². The van der Waals surface area contributed by atoms with Crippen molar-refractivity contribution in [2.45, 2.75) is 53.7 Å². The van der Waals surface area contributed by atoms with Crippen LogP contribution in [0, 0.1) is 20.8 Å². The number of furan rings is 1. The van der Waals surface area contributed by atoms with Crippen LogP contribution in [0.1, 0.15) is 64.2 Å². The lowest BCUT2D eigenvalue weighted by atomic mass is 10.0. The van der Waals surface area contributed by atoms with Gasteiger partial charge >= 0.3 is 0 Å². The SMILES string of the molecule is Cc1ccc(C(C)C)c(OCc2ccc(C(=O)Nc3c(C)nn(Cc4ccc(Cl)cc4)c3C)o2)c1. The van der Waals surface area contributed by atoms with Gasteiger partial charge in [-0.1, -0.05) is 49.7 Å². The molecule has 1 amide bonds. The third-order valence-corrected chi connectivity index (χ3v) is 6.16. The summed E-state index contributed by atoms with van der Waals surface area (Å²) in [6.07, 6.45) is 0. The highest BCUT2D eigenvalue weighted by Gasteiger charge is 2.18. The van der Waals surface area contributed by atoms with Crippen LogP contribution in [0.3, 0.4) is 0 Å². The van der Waals surface area contributed by atoms with E-state index in [0.29, 0.717) is 28.9 Å². The van der Waals surface area contributed by atoms with Crippen molar-refractivity contribution in [2.24, 2.45) is 0 Å². The molecule has 7 heteroatoms. The van der Waals surface area contributed by atoms with Crippen LogP contribution in [-0.2, 0) is 13.2 Å². The van der Waals surface area contributed by atoms with Crippen LogP contribution in [-0.4, -0.2) is 15.7 Å². The molecule has 1 N–H and O–H groups in total. The fourth-order valence-electron chi connectivity index (χ4n) is 3.94. The zero-order chi connectivity index (χ0) is 25.1. The molecule has 2 aromatic carbocycles. The summed E-state index contributed by atoms with van der Waals surface area (Å²) in [5, 5.41) is 8.23. The van der Waals surface area contributed by atoms with Crippen molar-refractivity contribution in [2.75, 3.05) is 5.32 Å². The van der Waals surface area contributed by atoms with Gasteiger partial charge in [-0.2, -0.15) is 5.10 Å². The molecular weight excluding hydrogens is 462 g/mol. The number of carbonyl (C=O) groups excluding carboxylic acids is 1.